The number of carbonyl (C=O) groups is 1. The predicted molar refractivity (Wildman–Crippen MR) is 129 cm³/mol. The molecule has 4 aromatic carbocycles. The van der Waals surface area contributed by atoms with Crippen LogP contribution in [0.15, 0.2) is 102 Å². The van der Waals surface area contributed by atoms with Gasteiger partial charge in [0.05, 0.1) is 11.3 Å². The third-order valence-electron chi connectivity index (χ3n) is 4.74. The summed E-state index contributed by atoms with van der Waals surface area (Å²) in [5.74, 6) is 1.15. The smallest absolute Gasteiger partial charge is 0.335 e. The molecule has 0 aliphatic heterocycles. The summed E-state index contributed by atoms with van der Waals surface area (Å²) in [6.07, 6.45) is 1.70. The quantitative estimate of drug-likeness (QED) is 0.285. The van der Waals surface area contributed by atoms with Crippen LogP contribution in [0.4, 0.5) is 5.69 Å². The fourth-order valence-corrected chi connectivity index (χ4v) is 3.21. The number of para-hydroxylation sites is 1. The Morgan fingerprint density at radius 3 is 2.27 bits per heavy atom. The number of carboxylic acids is 1. The molecule has 0 aromatic heterocycles. The summed E-state index contributed by atoms with van der Waals surface area (Å²) in [5, 5.41) is 9.59. The third kappa shape index (κ3) is 6.21. The summed E-state index contributed by atoms with van der Waals surface area (Å²) in [6.45, 7) is 0.286. The second kappa shape index (κ2) is 10.5. The first-order valence-corrected chi connectivity index (χ1v) is 10.6. The average molecular weight is 458 g/mol. The lowest BCUT2D eigenvalue weighted by atomic mass is 10.1. The monoisotopic (exact) mass is 457 g/mol. The van der Waals surface area contributed by atoms with E-state index in [9.17, 15) is 4.79 Å². The van der Waals surface area contributed by atoms with E-state index in [4.69, 9.17) is 26.2 Å². The number of ether oxygens (including phenoxy) is 2. The molecule has 33 heavy (non-hydrogen) atoms. The van der Waals surface area contributed by atoms with Gasteiger partial charge in [-0.15, -0.1) is 0 Å². The van der Waals surface area contributed by atoms with Crippen molar-refractivity contribution < 1.29 is 19.4 Å². The van der Waals surface area contributed by atoms with Gasteiger partial charge in [0.25, 0.3) is 0 Å². The van der Waals surface area contributed by atoms with Gasteiger partial charge in [0.1, 0.15) is 23.9 Å². The van der Waals surface area contributed by atoms with Crippen molar-refractivity contribution in [3.63, 3.8) is 0 Å². The zero-order chi connectivity index (χ0) is 23.0. The first-order valence-electron chi connectivity index (χ1n) is 10.2. The van der Waals surface area contributed by atoms with Crippen molar-refractivity contribution in [1.82, 2.24) is 0 Å². The maximum Gasteiger partial charge on any atom is 0.335 e. The van der Waals surface area contributed by atoms with Gasteiger partial charge in [-0.3, -0.25) is 4.99 Å². The summed E-state index contributed by atoms with van der Waals surface area (Å²) >= 11 is 6.17. The lowest BCUT2D eigenvalue weighted by Gasteiger charge is -2.10. The molecule has 0 spiro atoms. The number of aliphatic imine (C=N–C) groups is 1. The van der Waals surface area contributed by atoms with Gasteiger partial charge in [-0.05, 0) is 72.3 Å². The number of carboxylic acid groups (broad SMARTS) is 1. The number of benzene rings is 4. The summed E-state index contributed by atoms with van der Waals surface area (Å²) in [4.78, 5) is 15.5. The van der Waals surface area contributed by atoms with E-state index < -0.39 is 5.97 Å². The normalized spacial score (nSPS) is 10.8. The molecule has 0 saturated heterocycles. The van der Waals surface area contributed by atoms with Crippen molar-refractivity contribution in [3.05, 3.63) is 119 Å². The van der Waals surface area contributed by atoms with Crippen LogP contribution in [-0.2, 0) is 6.61 Å². The number of hydrogen-bond donors (Lipinski definition) is 1. The average Bonchev–Trinajstić information content (AvgIpc) is 2.84. The van der Waals surface area contributed by atoms with Crippen molar-refractivity contribution in [3.8, 4) is 17.2 Å². The van der Waals surface area contributed by atoms with E-state index in [2.05, 4.69) is 4.99 Å². The highest BCUT2D eigenvalue weighted by atomic mass is 35.5. The summed E-state index contributed by atoms with van der Waals surface area (Å²) in [6, 6.07) is 28.9. The topological polar surface area (TPSA) is 68.1 Å². The van der Waals surface area contributed by atoms with Crippen LogP contribution in [0.5, 0.6) is 17.2 Å². The van der Waals surface area contributed by atoms with Crippen LogP contribution in [0.3, 0.4) is 0 Å². The predicted octanol–water partition coefficient (Wildman–Crippen LogP) is 7.16. The van der Waals surface area contributed by atoms with Gasteiger partial charge in [0.15, 0.2) is 0 Å². The van der Waals surface area contributed by atoms with E-state index in [0.29, 0.717) is 10.8 Å². The Morgan fingerprint density at radius 2 is 1.58 bits per heavy atom. The Morgan fingerprint density at radius 1 is 0.879 bits per heavy atom. The SMILES string of the molecule is O=C(O)c1ccc(COc2ccc(Cl)cc2C=Nc2ccc(Oc3ccccc3)cc2)cc1. The largest absolute Gasteiger partial charge is 0.488 e. The first kappa shape index (κ1) is 22.1. The Labute approximate surface area is 196 Å². The minimum atomic E-state index is -0.960. The minimum absolute atomic E-state index is 0.234. The van der Waals surface area contributed by atoms with E-state index in [-0.39, 0.29) is 12.2 Å². The van der Waals surface area contributed by atoms with Crippen LogP contribution in [0, 0.1) is 0 Å². The third-order valence-corrected chi connectivity index (χ3v) is 4.97. The highest BCUT2D eigenvalue weighted by Gasteiger charge is 2.06. The molecule has 0 aliphatic carbocycles. The second-order valence-electron chi connectivity index (χ2n) is 7.14. The molecule has 0 bridgehead atoms. The Hall–Kier alpha value is -4.09. The van der Waals surface area contributed by atoms with Crippen molar-refractivity contribution in [2.45, 2.75) is 6.61 Å². The van der Waals surface area contributed by atoms with Crippen LogP contribution < -0.4 is 9.47 Å². The van der Waals surface area contributed by atoms with Gasteiger partial charge in [0.2, 0.25) is 0 Å². The van der Waals surface area contributed by atoms with Crippen molar-refractivity contribution in [2.24, 2.45) is 4.99 Å². The molecule has 164 valence electrons. The fraction of sp³-hybridized carbons (Fsp3) is 0.0370. The fourth-order valence-electron chi connectivity index (χ4n) is 3.03. The van der Waals surface area contributed by atoms with Gasteiger partial charge >= 0.3 is 5.97 Å². The molecule has 0 fully saturated rings. The minimum Gasteiger partial charge on any atom is -0.488 e. The van der Waals surface area contributed by atoms with Crippen LogP contribution in [0.25, 0.3) is 0 Å². The van der Waals surface area contributed by atoms with Crippen LogP contribution >= 0.6 is 11.6 Å². The van der Waals surface area contributed by atoms with Gasteiger partial charge < -0.3 is 14.6 Å². The van der Waals surface area contributed by atoms with E-state index >= 15 is 0 Å². The summed E-state index contributed by atoms with van der Waals surface area (Å²) in [7, 11) is 0. The molecular weight excluding hydrogens is 438 g/mol. The molecule has 5 nitrogen and oxygen atoms in total. The number of halogens is 1. The highest BCUT2D eigenvalue weighted by Crippen LogP contribution is 2.26. The zero-order valence-corrected chi connectivity index (χ0v) is 18.3. The van der Waals surface area contributed by atoms with Gasteiger partial charge in [0, 0.05) is 16.8 Å². The van der Waals surface area contributed by atoms with Crippen molar-refractivity contribution in [2.75, 3.05) is 0 Å². The zero-order valence-electron chi connectivity index (χ0n) is 17.5. The highest BCUT2D eigenvalue weighted by molar-refractivity contribution is 6.30. The molecule has 0 amide bonds. The lowest BCUT2D eigenvalue weighted by Crippen LogP contribution is -2.00. The standard InChI is InChI=1S/C27H20ClNO4/c28-22-10-15-26(32-18-19-6-8-20(9-7-19)27(30)31)21(16-22)17-29-23-11-13-25(14-12-23)33-24-4-2-1-3-5-24/h1-17H,18H2,(H,30,31). The first-order chi connectivity index (χ1) is 16.1. The Kier molecular flexibility index (Phi) is 7.03. The molecule has 0 aliphatic rings. The van der Waals surface area contributed by atoms with Crippen LogP contribution in [0.2, 0.25) is 5.02 Å². The number of aromatic carboxylic acids is 1. The van der Waals surface area contributed by atoms with Crippen LogP contribution in [0.1, 0.15) is 21.5 Å². The molecule has 4 rings (SSSR count). The molecule has 6 heteroatoms. The van der Waals surface area contributed by atoms with Crippen molar-refractivity contribution in [1.29, 1.82) is 0 Å². The maximum absolute atomic E-state index is 11.0. The van der Waals surface area contributed by atoms with E-state index in [1.807, 2.05) is 54.6 Å². The second-order valence-corrected chi connectivity index (χ2v) is 7.58. The number of nitrogens with zero attached hydrogens (tertiary/aromatic N) is 1. The van der Waals surface area contributed by atoms with Gasteiger partial charge in [-0.25, -0.2) is 4.79 Å². The molecular formula is C27H20ClNO4. The van der Waals surface area contributed by atoms with Crippen LogP contribution in [-0.4, -0.2) is 17.3 Å². The van der Waals surface area contributed by atoms with Crippen molar-refractivity contribution >= 4 is 29.5 Å². The number of rotatable bonds is 8. The molecule has 0 unspecified atom stereocenters. The summed E-state index contributed by atoms with van der Waals surface area (Å²) in [5.41, 5.74) is 2.57. The van der Waals surface area contributed by atoms with E-state index in [1.165, 1.54) is 0 Å². The molecule has 0 saturated carbocycles. The molecule has 0 heterocycles. The van der Waals surface area contributed by atoms with E-state index in [1.54, 1.807) is 48.7 Å². The molecule has 1 N–H and O–H groups in total. The lowest BCUT2D eigenvalue weighted by molar-refractivity contribution is 0.0697. The maximum atomic E-state index is 11.0. The number of hydrogen-bond acceptors (Lipinski definition) is 4. The summed E-state index contributed by atoms with van der Waals surface area (Å²) < 4.78 is 11.7. The van der Waals surface area contributed by atoms with Gasteiger partial charge in [-0.1, -0.05) is 41.9 Å². The Balaban J connectivity index is 1.44. The molecule has 0 radical (unpaired) electrons. The molecule has 0 atom stereocenters. The Bertz CT molecular complexity index is 1250. The van der Waals surface area contributed by atoms with E-state index in [0.717, 1.165) is 28.3 Å². The van der Waals surface area contributed by atoms with Gasteiger partial charge in [-0.2, -0.15) is 0 Å². The molecule has 4 aromatic rings.